The van der Waals surface area contributed by atoms with Gasteiger partial charge in [0.1, 0.15) is 0 Å². The van der Waals surface area contributed by atoms with Gasteiger partial charge in [0.15, 0.2) is 0 Å². The molecule has 1 aromatic rings. The third kappa shape index (κ3) is 3.50. The lowest BCUT2D eigenvalue weighted by atomic mass is 9.82. The monoisotopic (exact) mass is 325 g/mol. The molecule has 0 saturated carbocycles. The first kappa shape index (κ1) is 16.5. The molecule has 0 aliphatic heterocycles. The topological polar surface area (TPSA) is 84.2 Å². The molecule has 2 rings (SSSR count). The number of allylic oxidation sites excluding steroid dienone is 2. The first-order valence-electron chi connectivity index (χ1n) is 7.26. The van der Waals surface area contributed by atoms with Gasteiger partial charge < -0.3 is 10.4 Å². The Hall–Kier alpha value is -1.82. The van der Waals surface area contributed by atoms with Crippen molar-refractivity contribution in [2.24, 2.45) is 11.8 Å². The van der Waals surface area contributed by atoms with E-state index in [-0.39, 0.29) is 5.91 Å². The molecule has 7 heteroatoms. The highest BCUT2D eigenvalue weighted by atomic mass is 35.5. The summed E-state index contributed by atoms with van der Waals surface area (Å²) in [4.78, 5) is 23.4. The van der Waals surface area contributed by atoms with Crippen LogP contribution in [0.1, 0.15) is 24.2 Å². The van der Waals surface area contributed by atoms with E-state index in [2.05, 4.69) is 10.4 Å². The van der Waals surface area contributed by atoms with E-state index in [1.807, 2.05) is 26.0 Å². The second kappa shape index (κ2) is 6.96. The Morgan fingerprint density at radius 3 is 2.55 bits per heavy atom. The van der Waals surface area contributed by atoms with Gasteiger partial charge in [-0.05, 0) is 26.7 Å². The molecule has 2 N–H and O–H groups in total. The van der Waals surface area contributed by atoms with Gasteiger partial charge in [-0.1, -0.05) is 23.8 Å². The average molecular weight is 326 g/mol. The molecule has 6 nitrogen and oxygen atoms in total. The van der Waals surface area contributed by atoms with E-state index >= 15 is 0 Å². The van der Waals surface area contributed by atoms with Crippen LogP contribution in [0.15, 0.2) is 12.2 Å². The summed E-state index contributed by atoms with van der Waals surface area (Å²) >= 11 is 6.07. The van der Waals surface area contributed by atoms with Gasteiger partial charge in [0.25, 0.3) is 0 Å². The molecule has 0 fully saturated rings. The fourth-order valence-electron chi connectivity index (χ4n) is 2.69. The van der Waals surface area contributed by atoms with Crippen LogP contribution in [0.2, 0.25) is 5.02 Å². The maximum atomic E-state index is 12.2. The van der Waals surface area contributed by atoms with Crippen LogP contribution in [0.3, 0.4) is 0 Å². The SMILES string of the molecule is Cc1nn(CCNC(=O)[C@H]2CC=CC[C@H]2C(=O)O)c(C)c1Cl. The highest BCUT2D eigenvalue weighted by molar-refractivity contribution is 6.31. The smallest absolute Gasteiger partial charge is 0.307 e. The number of aliphatic carboxylic acids is 1. The second-order valence-electron chi connectivity index (χ2n) is 5.49. The van der Waals surface area contributed by atoms with Gasteiger partial charge in [-0.15, -0.1) is 0 Å². The second-order valence-corrected chi connectivity index (χ2v) is 5.87. The lowest BCUT2D eigenvalue weighted by Gasteiger charge is -2.24. The summed E-state index contributed by atoms with van der Waals surface area (Å²) < 4.78 is 1.74. The Balaban J connectivity index is 1.91. The van der Waals surface area contributed by atoms with Crippen molar-refractivity contribution in [1.82, 2.24) is 15.1 Å². The molecule has 0 unspecified atom stereocenters. The number of nitrogens with zero attached hydrogens (tertiary/aromatic N) is 2. The van der Waals surface area contributed by atoms with Crippen LogP contribution >= 0.6 is 11.6 Å². The summed E-state index contributed by atoms with van der Waals surface area (Å²) in [7, 11) is 0. The van der Waals surface area contributed by atoms with Gasteiger partial charge in [0.05, 0.1) is 34.8 Å². The van der Waals surface area contributed by atoms with E-state index < -0.39 is 17.8 Å². The molecule has 0 spiro atoms. The molecule has 0 bridgehead atoms. The van der Waals surface area contributed by atoms with Crippen molar-refractivity contribution in [3.8, 4) is 0 Å². The summed E-state index contributed by atoms with van der Waals surface area (Å²) in [5.41, 5.74) is 1.62. The predicted molar refractivity (Wildman–Crippen MR) is 82.7 cm³/mol. The molecule has 0 aromatic carbocycles. The van der Waals surface area contributed by atoms with Crippen molar-refractivity contribution in [3.05, 3.63) is 28.6 Å². The van der Waals surface area contributed by atoms with E-state index in [0.717, 1.165) is 11.4 Å². The van der Waals surface area contributed by atoms with E-state index in [1.54, 1.807) is 4.68 Å². The molecule has 22 heavy (non-hydrogen) atoms. The Labute approximate surface area is 134 Å². The molecule has 1 aromatic heterocycles. The van der Waals surface area contributed by atoms with Crippen LogP contribution < -0.4 is 5.32 Å². The van der Waals surface area contributed by atoms with Crippen LogP contribution in [-0.4, -0.2) is 33.3 Å². The summed E-state index contributed by atoms with van der Waals surface area (Å²) in [6, 6.07) is 0. The van der Waals surface area contributed by atoms with Crippen LogP contribution in [0.4, 0.5) is 0 Å². The minimum Gasteiger partial charge on any atom is -0.481 e. The predicted octanol–water partition coefficient (Wildman–Crippen LogP) is 1.94. The van der Waals surface area contributed by atoms with E-state index in [1.165, 1.54) is 0 Å². The first-order valence-corrected chi connectivity index (χ1v) is 7.64. The van der Waals surface area contributed by atoms with Crippen LogP contribution in [0, 0.1) is 25.7 Å². The third-order valence-electron chi connectivity index (χ3n) is 4.00. The van der Waals surface area contributed by atoms with Crippen LogP contribution in [0.5, 0.6) is 0 Å². The molecule has 2 atom stereocenters. The minimum atomic E-state index is -0.921. The number of aryl methyl sites for hydroxylation is 1. The Morgan fingerprint density at radius 2 is 2.00 bits per heavy atom. The number of carbonyl (C=O) groups is 2. The number of carbonyl (C=O) groups excluding carboxylic acids is 1. The number of nitrogens with one attached hydrogen (secondary N) is 1. The molecule has 1 aliphatic rings. The minimum absolute atomic E-state index is 0.218. The summed E-state index contributed by atoms with van der Waals surface area (Å²) in [6.07, 6.45) is 4.56. The molecule has 1 aliphatic carbocycles. The normalized spacial score (nSPS) is 20.9. The summed E-state index contributed by atoms with van der Waals surface area (Å²) in [6.45, 7) is 4.60. The fraction of sp³-hybridized carbons (Fsp3) is 0.533. The molecular weight excluding hydrogens is 306 g/mol. The maximum absolute atomic E-state index is 12.2. The molecule has 0 radical (unpaired) electrons. The van der Waals surface area contributed by atoms with Crippen molar-refractivity contribution in [2.75, 3.05) is 6.54 Å². The quantitative estimate of drug-likeness (QED) is 0.810. The number of rotatable bonds is 5. The number of halogens is 1. The van der Waals surface area contributed by atoms with Crippen molar-refractivity contribution in [2.45, 2.75) is 33.2 Å². The summed E-state index contributed by atoms with van der Waals surface area (Å²) in [5.74, 6) is -2.29. The van der Waals surface area contributed by atoms with Crippen LogP contribution in [0.25, 0.3) is 0 Å². The van der Waals surface area contributed by atoms with Crippen molar-refractivity contribution >= 4 is 23.5 Å². The maximum Gasteiger partial charge on any atom is 0.307 e. The number of hydrogen-bond acceptors (Lipinski definition) is 3. The molecule has 1 amide bonds. The Bertz CT molecular complexity index is 609. The van der Waals surface area contributed by atoms with Crippen molar-refractivity contribution in [3.63, 3.8) is 0 Å². The van der Waals surface area contributed by atoms with Gasteiger partial charge in [-0.25, -0.2) is 0 Å². The highest BCUT2D eigenvalue weighted by Crippen LogP contribution is 2.26. The Kier molecular flexibility index (Phi) is 5.24. The molecule has 120 valence electrons. The van der Waals surface area contributed by atoms with Gasteiger partial charge in [0, 0.05) is 6.54 Å². The zero-order valence-corrected chi connectivity index (χ0v) is 13.4. The summed E-state index contributed by atoms with van der Waals surface area (Å²) in [5, 5.41) is 16.9. The number of amides is 1. The lowest BCUT2D eigenvalue weighted by molar-refractivity contribution is -0.147. The number of carboxylic acid groups (broad SMARTS) is 1. The Morgan fingerprint density at radius 1 is 1.36 bits per heavy atom. The van der Waals surface area contributed by atoms with E-state index in [0.29, 0.717) is 31.0 Å². The van der Waals surface area contributed by atoms with Crippen molar-refractivity contribution < 1.29 is 14.7 Å². The molecular formula is C15H20ClN3O3. The zero-order valence-electron chi connectivity index (χ0n) is 12.7. The largest absolute Gasteiger partial charge is 0.481 e. The van der Waals surface area contributed by atoms with Gasteiger partial charge in [-0.2, -0.15) is 5.10 Å². The number of aromatic nitrogens is 2. The average Bonchev–Trinajstić information content (AvgIpc) is 2.74. The lowest BCUT2D eigenvalue weighted by Crippen LogP contribution is -2.40. The van der Waals surface area contributed by atoms with Crippen molar-refractivity contribution in [1.29, 1.82) is 0 Å². The molecule has 1 heterocycles. The van der Waals surface area contributed by atoms with Gasteiger partial charge >= 0.3 is 5.97 Å². The number of carboxylic acids is 1. The third-order valence-corrected chi connectivity index (χ3v) is 4.55. The van der Waals surface area contributed by atoms with Gasteiger partial charge in [0.2, 0.25) is 5.91 Å². The van der Waals surface area contributed by atoms with E-state index in [9.17, 15) is 14.7 Å². The standard InChI is InChI=1S/C15H20ClN3O3/c1-9-13(16)10(2)19(18-9)8-7-17-14(20)11-5-3-4-6-12(11)15(21)22/h3-4,11-12H,5-8H2,1-2H3,(H,17,20)(H,21,22)/t11-,12+/m0/s1. The van der Waals surface area contributed by atoms with Gasteiger partial charge in [-0.3, -0.25) is 14.3 Å². The van der Waals surface area contributed by atoms with Crippen LogP contribution in [-0.2, 0) is 16.1 Å². The molecule has 0 saturated heterocycles. The zero-order chi connectivity index (χ0) is 16.3. The van der Waals surface area contributed by atoms with E-state index in [4.69, 9.17) is 11.6 Å². The fourth-order valence-corrected chi connectivity index (χ4v) is 2.82. The first-order chi connectivity index (χ1) is 10.4. The highest BCUT2D eigenvalue weighted by Gasteiger charge is 2.33. The number of hydrogen-bond donors (Lipinski definition) is 2.